The minimum atomic E-state index is -0.442. The van der Waals surface area contributed by atoms with Crippen LogP contribution in [0.15, 0.2) is 18.2 Å². The number of carbonyl (C=O) groups is 1. The predicted molar refractivity (Wildman–Crippen MR) is 56.4 cm³/mol. The lowest BCUT2D eigenvalue weighted by molar-refractivity contribution is -0.119. The molecular weight excluding hydrogens is 219 g/mol. The normalized spacial score (nSPS) is 20.1. The number of anilines is 1. The fourth-order valence-electron chi connectivity index (χ4n) is 1.53. The van der Waals surface area contributed by atoms with Crippen LogP contribution >= 0.6 is 11.6 Å². The van der Waals surface area contributed by atoms with Crippen molar-refractivity contribution in [2.45, 2.75) is 12.5 Å². The first-order chi connectivity index (χ1) is 7.16. The Bertz CT molecular complexity index is 397. The van der Waals surface area contributed by atoms with Crippen molar-refractivity contribution in [1.82, 2.24) is 5.32 Å². The minimum Gasteiger partial charge on any atom is -0.371 e. The summed E-state index contributed by atoms with van der Waals surface area (Å²) in [5, 5.41) is 5.85. The average Bonchev–Trinajstić information content (AvgIpc) is 2.57. The molecule has 1 aromatic rings. The van der Waals surface area contributed by atoms with Gasteiger partial charge >= 0.3 is 0 Å². The van der Waals surface area contributed by atoms with E-state index in [1.165, 1.54) is 12.1 Å². The summed E-state index contributed by atoms with van der Waals surface area (Å²) in [6.07, 6.45) is 0.668. The molecule has 0 spiro atoms. The summed E-state index contributed by atoms with van der Waals surface area (Å²) in [4.78, 5) is 11.2. The van der Waals surface area contributed by atoms with E-state index >= 15 is 0 Å². The maximum atomic E-state index is 13.4. The van der Waals surface area contributed by atoms with Crippen molar-refractivity contribution in [3.8, 4) is 0 Å². The quantitative estimate of drug-likeness (QED) is 0.810. The van der Waals surface area contributed by atoms with Crippen LogP contribution in [0.5, 0.6) is 0 Å². The molecular formula is C10H10ClFN2O. The molecule has 0 aromatic heterocycles. The van der Waals surface area contributed by atoms with Crippen LogP contribution in [-0.4, -0.2) is 18.5 Å². The molecule has 1 heterocycles. The molecule has 1 fully saturated rings. The molecule has 1 aliphatic heterocycles. The third-order valence-corrected chi connectivity index (χ3v) is 2.54. The summed E-state index contributed by atoms with van der Waals surface area (Å²) in [5.74, 6) is -0.536. The van der Waals surface area contributed by atoms with Gasteiger partial charge in [-0.15, -0.1) is 0 Å². The van der Waals surface area contributed by atoms with Crippen LogP contribution in [0.2, 0.25) is 5.02 Å². The number of halogens is 2. The highest BCUT2D eigenvalue weighted by molar-refractivity contribution is 6.30. The van der Waals surface area contributed by atoms with Crippen molar-refractivity contribution >= 4 is 23.2 Å². The number of nitrogens with one attached hydrogen (secondary N) is 2. The number of hydrogen-bond acceptors (Lipinski definition) is 2. The van der Waals surface area contributed by atoms with Gasteiger partial charge in [0.2, 0.25) is 5.91 Å². The van der Waals surface area contributed by atoms with Gasteiger partial charge in [-0.1, -0.05) is 11.6 Å². The molecule has 1 aromatic carbocycles. The Labute approximate surface area is 91.6 Å². The summed E-state index contributed by atoms with van der Waals surface area (Å²) in [6.45, 7) is 0.631. The average molecular weight is 229 g/mol. The van der Waals surface area contributed by atoms with E-state index in [1.807, 2.05) is 0 Å². The molecule has 15 heavy (non-hydrogen) atoms. The van der Waals surface area contributed by atoms with Crippen molar-refractivity contribution < 1.29 is 9.18 Å². The summed E-state index contributed by atoms with van der Waals surface area (Å²) in [5.41, 5.74) is 0.307. The Hall–Kier alpha value is -1.29. The maximum absolute atomic E-state index is 13.4. The van der Waals surface area contributed by atoms with Gasteiger partial charge in [-0.2, -0.15) is 0 Å². The van der Waals surface area contributed by atoms with Gasteiger partial charge in [-0.3, -0.25) is 4.79 Å². The van der Waals surface area contributed by atoms with Crippen molar-refractivity contribution in [3.63, 3.8) is 0 Å². The summed E-state index contributed by atoms with van der Waals surface area (Å²) in [7, 11) is 0. The standard InChI is InChI=1S/C10H10ClFN2O/c11-6-1-2-8(7(12)5-6)14-9-3-4-13-10(9)15/h1-2,5,9,14H,3-4H2,(H,13,15)/t9-/m0/s1. The number of rotatable bonds is 2. The Kier molecular flexibility index (Phi) is 2.77. The predicted octanol–water partition coefficient (Wildman–Crippen LogP) is 1.78. The van der Waals surface area contributed by atoms with Gasteiger partial charge < -0.3 is 10.6 Å². The van der Waals surface area contributed by atoms with Gasteiger partial charge in [0, 0.05) is 11.6 Å². The van der Waals surface area contributed by atoms with Gasteiger partial charge in [0.05, 0.1) is 5.69 Å². The molecule has 0 unspecified atom stereocenters. The molecule has 1 saturated heterocycles. The van der Waals surface area contributed by atoms with Gasteiger partial charge in [-0.25, -0.2) is 4.39 Å². The molecule has 0 saturated carbocycles. The Balaban J connectivity index is 2.13. The smallest absolute Gasteiger partial charge is 0.242 e. The molecule has 80 valence electrons. The Morgan fingerprint density at radius 3 is 2.93 bits per heavy atom. The van der Waals surface area contributed by atoms with E-state index in [-0.39, 0.29) is 11.9 Å². The van der Waals surface area contributed by atoms with Gasteiger partial charge in [-0.05, 0) is 24.6 Å². The molecule has 1 aliphatic rings. The highest BCUT2D eigenvalue weighted by atomic mass is 35.5. The molecule has 2 rings (SSSR count). The molecule has 0 radical (unpaired) electrons. The van der Waals surface area contributed by atoms with Crippen LogP contribution in [0, 0.1) is 5.82 Å². The number of hydrogen-bond donors (Lipinski definition) is 2. The van der Waals surface area contributed by atoms with Crippen molar-refractivity contribution in [1.29, 1.82) is 0 Å². The van der Waals surface area contributed by atoms with Crippen molar-refractivity contribution in [2.75, 3.05) is 11.9 Å². The molecule has 3 nitrogen and oxygen atoms in total. The molecule has 5 heteroatoms. The second kappa shape index (κ2) is 4.06. The molecule has 0 aliphatic carbocycles. The number of amides is 1. The van der Waals surface area contributed by atoms with E-state index < -0.39 is 5.82 Å². The lowest BCUT2D eigenvalue weighted by Crippen LogP contribution is -2.29. The zero-order valence-electron chi connectivity index (χ0n) is 7.89. The Morgan fingerprint density at radius 1 is 1.53 bits per heavy atom. The highest BCUT2D eigenvalue weighted by Gasteiger charge is 2.24. The van der Waals surface area contributed by atoms with Crippen LogP contribution in [-0.2, 0) is 4.79 Å². The van der Waals surface area contributed by atoms with E-state index in [4.69, 9.17) is 11.6 Å². The van der Waals surface area contributed by atoms with Crippen LogP contribution in [0.1, 0.15) is 6.42 Å². The zero-order valence-corrected chi connectivity index (χ0v) is 8.64. The summed E-state index contributed by atoms with van der Waals surface area (Å²) >= 11 is 5.62. The SMILES string of the molecule is O=C1NCC[C@@H]1Nc1ccc(Cl)cc1F. The van der Waals surface area contributed by atoms with E-state index in [0.29, 0.717) is 23.7 Å². The third-order valence-electron chi connectivity index (χ3n) is 2.31. The van der Waals surface area contributed by atoms with E-state index in [0.717, 1.165) is 0 Å². The molecule has 2 N–H and O–H groups in total. The van der Waals surface area contributed by atoms with Crippen LogP contribution in [0.4, 0.5) is 10.1 Å². The number of benzene rings is 1. The fourth-order valence-corrected chi connectivity index (χ4v) is 1.68. The first-order valence-electron chi connectivity index (χ1n) is 4.66. The summed E-state index contributed by atoms with van der Waals surface area (Å²) in [6, 6.07) is 3.99. The van der Waals surface area contributed by atoms with Gasteiger partial charge in [0.25, 0.3) is 0 Å². The maximum Gasteiger partial charge on any atom is 0.242 e. The van der Waals surface area contributed by atoms with E-state index in [9.17, 15) is 9.18 Å². The van der Waals surface area contributed by atoms with Crippen molar-refractivity contribution in [2.24, 2.45) is 0 Å². The Morgan fingerprint density at radius 2 is 2.33 bits per heavy atom. The largest absolute Gasteiger partial charge is 0.371 e. The van der Waals surface area contributed by atoms with Crippen LogP contribution in [0.25, 0.3) is 0 Å². The number of carbonyl (C=O) groups excluding carboxylic acids is 1. The molecule has 1 amide bonds. The molecule has 0 bridgehead atoms. The summed E-state index contributed by atoms with van der Waals surface area (Å²) < 4.78 is 13.4. The zero-order chi connectivity index (χ0) is 10.8. The van der Waals surface area contributed by atoms with Crippen LogP contribution in [0.3, 0.4) is 0 Å². The van der Waals surface area contributed by atoms with Gasteiger partial charge in [0.15, 0.2) is 0 Å². The fraction of sp³-hybridized carbons (Fsp3) is 0.300. The van der Waals surface area contributed by atoms with E-state index in [1.54, 1.807) is 6.07 Å². The van der Waals surface area contributed by atoms with Crippen LogP contribution < -0.4 is 10.6 Å². The van der Waals surface area contributed by atoms with Crippen molar-refractivity contribution in [3.05, 3.63) is 29.0 Å². The molecule has 1 atom stereocenters. The minimum absolute atomic E-state index is 0.0932. The van der Waals surface area contributed by atoms with Gasteiger partial charge in [0.1, 0.15) is 11.9 Å². The third kappa shape index (κ3) is 2.21. The monoisotopic (exact) mass is 228 g/mol. The highest BCUT2D eigenvalue weighted by Crippen LogP contribution is 2.20. The van der Waals surface area contributed by atoms with E-state index in [2.05, 4.69) is 10.6 Å². The second-order valence-corrected chi connectivity index (χ2v) is 3.84. The lowest BCUT2D eigenvalue weighted by Gasteiger charge is -2.12. The first kappa shape index (κ1) is 10.2. The first-order valence-corrected chi connectivity index (χ1v) is 5.04. The lowest BCUT2D eigenvalue weighted by atomic mass is 10.2. The second-order valence-electron chi connectivity index (χ2n) is 3.40. The topological polar surface area (TPSA) is 41.1 Å².